The number of fused-ring (bicyclic) bond motifs is 2. The van der Waals surface area contributed by atoms with Gasteiger partial charge in [0, 0.05) is 40.1 Å². The number of hydrogen-bond acceptors (Lipinski definition) is 5. The Morgan fingerprint density at radius 3 is 2.89 bits per heavy atom. The summed E-state index contributed by atoms with van der Waals surface area (Å²) in [5, 5.41) is 20.3. The van der Waals surface area contributed by atoms with Crippen LogP contribution in [-0.2, 0) is 4.74 Å². The van der Waals surface area contributed by atoms with Crippen LogP contribution in [0.2, 0.25) is 0 Å². The summed E-state index contributed by atoms with van der Waals surface area (Å²) in [5.74, 6) is 0.276. The number of aliphatic hydroxyl groups excluding tert-OH is 1. The van der Waals surface area contributed by atoms with Gasteiger partial charge in [0.1, 0.15) is 4.83 Å². The van der Waals surface area contributed by atoms with Gasteiger partial charge in [0.2, 0.25) is 0 Å². The summed E-state index contributed by atoms with van der Waals surface area (Å²) >= 11 is 1.60. The number of H-pyrrole nitrogens is 1. The summed E-state index contributed by atoms with van der Waals surface area (Å²) < 4.78 is 5.42. The number of thiophene rings is 1. The maximum absolute atomic E-state index is 10.8. The lowest BCUT2D eigenvalue weighted by Crippen LogP contribution is -2.21. The smallest absolute Gasteiger partial charge is 0.124 e. The van der Waals surface area contributed by atoms with E-state index < -0.39 is 6.10 Å². The summed E-state index contributed by atoms with van der Waals surface area (Å²) in [6, 6.07) is 12.4. The molecule has 0 aliphatic carbocycles. The van der Waals surface area contributed by atoms with Gasteiger partial charge in [-0.3, -0.25) is 5.10 Å². The van der Waals surface area contributed by atoms with Gasteiger partial charge in [-0.1, -0.05) is 6.07 Å². The number of aromatic nitrogens is 3. The number of aliphatic hydroxyl groups is 1. The molecule has 5 nitrogen and oxygen atoms in total. The van der Waals surface area contributed by atoms with Gasteiger partial charge in [0.05, 0.1) is 17.3 Å². The van der Waals surface area contributed by atoms with Crippen LogP contribution in [0.4, 0.5) is 0 Å². The Kier molecular flexibility index (Phi) is 4.19. The molecule has 4 aromatic rings. The molecule has 0 saturated carbocycles. The molecule has 1 saturated heterocycles. The number of rotatable bonds is 3. The minimum absolute atomic E-state index is 0.276. The molecular weight excluding hydrogens is 358 g/mol. The number of benzene rings is 1. The van der Waals surface area contributed by atoms with Crippen LogP contribution in [0.3, 0.4) is 0 Å². The van der Waals surface area contributed by atoms with Crippen molar-refractivity contribution < 1.29 is 9.84 Å². The highest BCUT2D eigenvalue weighted by Crippen LogP contribution is 2.37. The molecule has 2 N–H and O–H groups in total. The topological polar surface area (TPSA) is 71.0 Å². The standard InChI is InChI=1S/C21H21N3O2S/c1-12-16-10-14(2-5-18(16)24-23-12)17-4-3-15-11-19(27-21(15)22-17)20(25)13-6-8-26-9-7-13/h2-5,10-11,13,20,25H,6-9H2,1H3,(H,23,24)/t20-/m1/s1. The van der Waals surface area contributed by atoms with Crippen molar-refractivity contribution in [2.45, 2.75) is 25.9 Å². The molecule has 0 bridgehead atoms. The zero-order chi connectivity index (χ0) is 18.4. The summed E-state index contributed by atoms with van der Waals surface area (Å²) in [7, 11) is 0. The zero-order valence-electron chi connectivity index (χ0n) is 15.1. The highest BCUT2D eigenvalue weighted by atomic mass is 32.1. The first-order chi connectivity index (χ1) is 13.2. The van der Waals surface area contributed by atoms with Crippen molar-refractivity contribution in [2.24, 2.45) is 5.92 Å². The van der Waals surface area contributed by atoms with Crippen LogP contribution in [0.5, 0.6) is 0 Å². The fourth-order valence-electron chi connectivity index (χ4n) is 3.81. The quantitative estimate of drug-likeness (QED) is 0.545. The summed E-state index contributed by atoms with van der Waals surface area (Å²) in [6.45, 7) is 3.51. The second-order valence-corrected chi connectivity index (χ2v) is 8.28. The number of aromatic amines is 1. The van der Waals surface area contributed by atoms with Gasteiger partial charge < -0.3 is 9.84 Å². The van der Waals surface area contributed by atoms with E-state index in [0.717, 1.165) is 69.0 Å². The highest BCUT2D eigenvalue weighted by molar-refractivity contribution is 7.18. The predicted molar refractivity (Wildman–Crippen MR) is 108 cm³/mol. The van der Waals surface area contributed by atoms with Crippen LogP contribution in [-0.4, -0.2) is 33.5 Å². The SMILES string of the molecule is Cc1[nH]nc2ccc(-c3ccc4cc([C@H](O)C5CCOCC5)sc4n3)cc12. The molecule has 138 valence electrons. The molecule has 1 atom stereocenters. The number of hydrogen-bond donors (Lipinski definition) is 2. The number of ether oxygens (including phenoxy) is 1. The van der Waals surface area contributed by atoms with E-state index in [1.807, 2.05) is 13.0 Å². The molecule has 0 radical (unpaired) electrons. The Morgan fingerprint density at radius 2 is 2.04 bits per heavy atom. The van der Waals surface area contributed by atoms with Crippen molar-refractivity contribution in [1.29, 1.82) is 0 Å². The molecule has 0 amide bonds. The maximum atomic E-state index is 10.8. The first-order valence-electron chi connectivity index (χ1n) is 9.30. The van der Waals surface area contributed by atoms with E-state index in [2.05, 4.69) is 40.5 Å². The van der Waals surface area contributed by atoms with E-state index >= 15 is 0 Å². The number of aryl methyl sites for hydroxylation is 1. The maximum Gasteiger partial charge on any atom is 0.124 e. The number of nitrogens with zero attached hydrogens (tertiary/aromatic N) is 2. The molecule has 0 spiro atoms. The predicted octanol–water partition coefficient (Wildman–Crippen LogP) is 4.61. The van der Waals surface area contributed by atoms with Crippen LogP contribution in [0.1, 0.15) is 29.5 Å². The van der Waals surface area contributed by atoms with Gasteiger partial charge in [-0.25, -0.2) is 4.98 Å². The van der Waals surface area contributed by atoms with E-state index in [1.54, 1.807) is 11.3 Å². The Hall–Kier alpha value is -2.28. The highest BCUT2D eigenvalue weighted by Gasteiger charge is 2.25. The third kappa shape index (κ3) is 3.04. The Bertz CT molecular complexity index is 1110. The van der Waals surface area contributed by atoms with Gasteiger partial charge in [-0.05, 0) is 56.0 Å². The summed E-state index contributed by atoms with van der Waals surface area (Å²) in [5.41, 5.74) is 4.05. The van der Waals surface area contributed by atoms with Crippen molar-refractivity contribution in [3.05, 3.63) is 47.0 Å². The first-order valence-corrected chi connectivity index (χ1v) is 10.1. The molecule has 1 aromatic carbocycles. The normalized spacial score (nSPS) is 17.0. The van der Waals surface area contributed by atoms with Crippen LogP contribution >= 0.6 is 11.3 Å². The van der Waals surface area contributed by atoms with Crippen molar-refractivity contribution in [3.8, 4) is 11.3 Å². The first kappa shape index (κ1) is 16.9. The average Bonchev–Trinajstić information content (AvgIpc) is 3.31. The molecule has 6 heteroatoms. The van der Waals surface area contributed by atoms with Crippen LogP contribution < -0.4 is 0 Å². The largest absolute Gasteiger partial charge is 0.387 e. The Morgan fingerprint density at radius 1 is 1.19 bits per heavy atom. The minimum atomic E-state index is -0.429. The van der Waals surface area contributed by atoms with Crippen molar-refractivity contribution >= 4 is 32.5 Å². The molecule has 1 fully saturated rings. The van der Waals surface area contributed by atoms with Gasteiger partial charge >= 0.3 is 0 Å². The molecule has 3 aromatic heterocycles. The summed E-state index contributed by atoms with van der Waals surface area (Å²) in [4.78, 5) is 6.84. The zero-order valence-corrected chi connectivity index (χ0v) is 15.9. The molecule has 1 aliphatic heterocycles. The second kappa shape index (κ2) is 6.71. The fraction of sp³-hybridized carbons (Fsp3) is 0.333. The van der Waals surface area contributed by atoms with Gasteiger partial charge in [-0.2, -0.15) is 5.10 Å². The molecular formula is C21H21N3O2S. The summed E-state index contributed by atoms with van der Waals surface area (Å²) in [6.07, 6.45) is 1.40. The molecule has 1 aliphatic rings. The van der Waals surface area contributed by atoms with Crippen molar-refractivity contribution in [2.75, 3.05) is 13.2 Å². The lowest BCUT2D eigenvalue weighted by atomic mass is 9.93. The Labute approximate surface area is 161 Å². The van der Waals surface area contributed by atoms with Crippen LogP contribution in [0.15, 0.2) is 36.4 Å². The third-order valence-electron chi connectivity index (χ3n) is 5.45. The molecule has 5 rings (SSSR count). The second-order valence-electron chi connectivity index (χ2n) is 7.21. The average molecular weight is 379 g/mol. The van der Waals surface area contributed by atoms with Gasteiger partial charge in [0.25, 0.3) is 0 Å². The fourth-order valence-corrected chi connectivity index (χ4v) is 4.92. The number of pyridine rings is 1. The molecule has 4 heterocycles. The van der Waals surface area contributed by atoms with Crippen LogP contribution in [0.25, 0.3) is 32.4 Å². The lowest BCUT2D eigenvalue weighted by Gasteiger charge is -2.25. The van der Waals surface area contributed by atoms with Crippen molar-refractivity contribution in [3.63, 3.8) is 0 Å². The van der Waals surface area contributed by atoms with E-state index in [9.17, 15) is 5.11 Å². The monoisotopic (exact) mass is 379 g/mol. The number of nitrogens with one attached hydrogen (secondary N) is 1. The molecule has 27 heavy (non-hydrogen) atoms. The van der Waals surface area contributed by atoms with E-state index in [0.29, 0.717) is 0 Å². The molecule has 0 unspecified atom stereocenters. The Balaban J connectivity index is 1.50. The van der Waals surface area contributed by atoms with E-state index in [-0.39, 0.29) is 5.92 Å². The van der Waals surface area contributed by atoms with Gasteiger partial charge in [-0.15, -0.1) is 11.3 Å². The van der Waals surface area contributed by atoms with Gasteiger partial charge in [0.15, 0.2) is 0 Å². The van der Waals surface area contributed by atoms with Crippen molar-refractivity contribution in [1.82, 2.24) is 15.2 Å². The lowest BCUT2D eigenvalue weighted by molar-refractivity contribution is 0.00856. The van der Waals surface area contributed by atoms with E-state index in [1.165, 1.54) is 0 Å². The minimum Gasteiger partial charge on any atom is -0.387 e. The van der Waals surface area contributed by atoms with E-state index in [4.69, 9.17) is 9.72 Å². The van der Waals surface area contributed by atoms with Crippen LogP contribution in [0, 0.1) is 12.8 Å². The third-order valence-corrected chi connectivity index (χ3v) is 6.56.